The van der Waals surface area contributed by atoms with Crippen LogP contribution < -0.4 is 25.0 Å². The standard InChI is InChI=1S/C32H26FN3O5S/c1-19-7-9-20(10-8-19)30(37)35-23-5-4-6-25(17-23)42-29-28(34-22-13-11-21(33)12-14-22)31(38)36(32(29)39)26-16-15-24(40-2)18-27(26)41-3/h4-18,34H,1-3H3,(H,35,37). The van der Waals surface area contributed by atoms with E-state index in [0.29, 0.717) is 27.6 Å². The van der Waals surface area contributed by atoms with Gasteiger partial charge in [0.05, 0.1) is 19.9 Å². The lowest BCUT2D eigenvalue weighted by atomic mass is 10.1. The number of carbonyl (C=O) groups excluding carboxylic acids is 3. The quantitative estimate of drug-likeness (QED) is 0.220. The predicted octanol–water partition coefficient (Wildman–Crippen LogP) is 6.39. The first-order valence-corrected chi connectivity index (χ1v) is 13.6. The molecule has 42 heavy (non-hydrogen) atoms. The van der Waals surface area contributed by atoms with Gasteiger partial charge in [-0.25, -0.2) is 9.29 Å². The highest BCUT2D eigenvalue weighted by atomic mass is 32.2. The van der Waals surface area contributed by atoms with Crippen molar-refractivity contribution in [2.75, 3.05) is 29.8 Å². The van der Waals surface area contributed by atoms with Gasteiger partial charge in [0.2, 0.25) is 0 Å². The molecule has 0 saturated carbocycles. The second-order valence-electron chi connectivity index (χ2n) is 9.27. The summed E-state index contributed by atoms with van der Waals surface area (Å²) in [5, 5.41) is 5.87. The van der Waals surface area contributed by atoms with E-state index in [9.17, 15) is 18.8 Å². The Labute approximate surface area is 246 Å². The number of hydrogen-bond acceptors (Lipinski definition) is 7. The zero-order valence-electron chi connectivity index (χ0n) is 22.9. The minimum absolute atomic E-state index is 0.0172. The summed E-state index contributed by atoms with van der Waals surface area (Å²) in [6.45, 7) is 1.94. The Morgan fingerprint density at radius 3 is 2.26 bits per heavy atom. The van der Waals surface area contributed by atoms with Crippen molar-refractivity contribution in [3.8, 4) is 11.5 Å². The SMILES string of the molecule is COc1ccc(N2C(=O)C(Nc3ccc(F)cc3)=C(Sc3cccc(NC(=O)c4ccc(C)cc4)c3)C2=O)c(OC)c1. The van der Waals surface area contributed by atoms with E-state index in [1.165, 1.54) is 38.5 Å². The van der Waals surface area contributed by atoms with Crippen molar-refractivity contribution in [1.29, 1.82) is 0 Å². The normalized spacial score (nSPS) is 12.9. The molecule has 0 aromatic heterocycles. The van der Waals surface area contributed by atoms with Crippen LogP contribution in [0.2, 0.25) is 0 Å². The third kappa shape index (κ3) is 5.98. The topological polar surface area (TPSA) is 97.0 Å². The fraction of sp³-hybridized carbons (Fsp3) is 0.0938. The van der Waals surface area contributed by atoms with Crippen LogP contribution in [-0.4, -0.2) is 31.9 Å². The van der Waals surface area contributed by atoms with E-state index in [-0.39, 0.29) is 27.9 Å². The van der Waals surface area contributed by atoms with Crippen LogP contribution in [0.25, 0.3) is 0 Å². The van der Waals surface area contributed by atoms with Gasteiger partial charge in [0, 0.05) is 27.9 Å². The van der Waals surface area contributed by atoms with Crippen molar-refractivity contribution in [2.45, 2.75) is 11.8 Å². The Morgan fingerprint density at radius 1 is 0.833 bits per heavy atom. The maximum absolute atomic E-state index is 13.8. The first-order chi connectivity index (χ1) is 20.3. The molecule has 0 fully saturated rings. The molecular weight excluding hydrogens is 557 g/mol. The van der Waals surface area contributed by atoms with Gasteiger partial charge < -0.3 is 20.1 Å². The molecule has 4 aromatic carbocycles. The Balaban J connectivity index is 1.48. The van der Waals surface area contributed by atoms with Crippen LogP contribution in [0.4, 0.5) is 21.5 Å². The number of carbonyl (C=O) groups is 3. The largest absolute Gasteiger partial charge is 0.497 e. The van der Waals surface area contributed by atoms with E-state index in [4.69, 9.17) is 9.47 Å². The number of aryl methyl sites for hydroxylation is 1. The lowest BCUT2D eigenvalue weighted by molar-refractivity contribution is -0.120. The number of nitrogens with one attached hydrogen (secondary N) is 2. The van der Waals surface area contributed by atoms with Crippen molar-refractivity contribution in [1.82, 2.24) is 0 Å². The molecule has 1 aliphatic heterocycles. The number of halogens is 1. The van der Waals surface area contributed by atoms with Gasteiger partial charge in [-0.15, -0.1) is 0 Å². The average molecular weight is 584 g/mol. The van der Waals surface area contributed by atoms with Crippen LogP contribution in [0.15, 0.2) is 106 Å². The molecule has 0 spiro atoms. The van der Waals surface area contributed by atoms with Gasteiger partial charge in [-0.3, -0.25) is 14.4 Å². The Bertz CT molecular complexity index is 1700. The maximum atomic E-state index is 13.8. The number of hydrogen-bond donors (Lipinski definition) is 2. The zero-order valence-corrected chi connectivity index (χ0v) is 23.8. The molecule has 1 aliphatic rings. The Kier molecular flexibility index (Phi) is 8.26. The molecule has 0 atom stereocenters. The molecule has 5 rings (SSSR count). The minimum Gasteiger partial charge on any atom is -0.497 e. The summed E-state index contributed by atoms with van der Waals surface area (Å²) in [7, 11) is 2.93. The van der Waals surface area contributed by atoms with Gasteiger partial charge in [-0.05, 0) is 73.7 Å². The van der Waals surface area contributed by atoms with Gasteiger partial charge >= 0.3 is 0 Å². The molecule has 10 heteroatoms. The van der Waals surface area contributed by atoms with E-state index in [0.717, 1.165) is 22.2 Å². The van der Waals surface area contributed by atoms with Gasteiger partial charge in [-0.2, -0.15) is 0 Å². The number of methoxy groups -OCH3 is 2. The van der Waals surface area contributed by atoms with Crippen LogP contribution in [0.5, 0.6) is 11.5 Å². The summed E-state index contributed by atoms with van der Waals surface area (Å²) in [4.78, 5) is 42.1. The number of amides is 3. The van der Waals surface area contributed by atoms with E-state index in [1.54, 1.807) is 54.6 Å². The first-order valence-electron chi connectivity index (χ1n) is 12.8. The van der Waals surface area contributed by atoms with Gasteiger partial charge in [0.25, 0.3) is 17.7 Å². The van der Waals surface area contributed by atoms with Crippen molar-refractivity contribution < 1.29 is 28.2 Å². The van der Waals surface area contributed by atoms with Gasteiger partial charge in [0.15, 0.2) is 0 Å². The molecule has 1 heterocycles. The molecule has 212 valence electrons. The highest BCUT2D eigenvalue weighted by Gasteiger charge is 2.41. The molecule has 0 radical (unpaired) electrons. The smallest absolute Gasteiger partial charge is 0.283 e. The second kappa shape index (κ2) is 12.2. The minimum atomic E-state index is -0.612. The zero-order chi connectivity index (χ0) is 29.8. The number of nitrogens with zero attached hydrogens (tertiary/aromatic N) is 1. The van der Waals surface area contributed by atoms with Crippen molar-refractivity contribution >= 4 is 46.5 Å². The summed E-state index contributed by atoms with van der Waals surface area (Å²) in [5.41, 5.74) is 2.75. The number of rotatable bonds is 9. The van der Waals surface area contributed by atoms with E-state index in [2.05, 4.69) is 10.6 Å². The Morgan fingerprint density at radius 2 is 1.57 bits per heavy atom. The highest BCUT2D eigenvalue weighted by Crippen LogP contribution is 2.42. The van der Waals surface area contributed by atoms with Crippen molar-refractivity contribution in [3.05, 3.63) is 119 Å². The monoisotopic (exact) mass is 583 g/mol. The summed E-state index contributed by atoms with van der Waals surface area (Å²) >= 11 is 1.07. The van der Waals surface area contributed by atoms with E-state index in [1.807, 2.05) is 19.1 Å². The fourth-order valence-corrected chi connectivity index (χ4v) is 5.23. The van der Waals surface area contributed by atoms with Gasteiger partial charge in [0.1, 0.15) is 27.9 Å². The number of ether oxygens (including phenoxy) is 2. The van der Waals surface area contributed by atoms with Crippen LogP contribution in [-0.2, 0) is 9.59 Å². The summed E-state index contributed by atoms with van der Waals surface area (Å²) in [6, 6.07) is 24.4. The van der Waals surface area contributed by atoms with Gasteiger partial charge in [-0.1, -0.05) is 35.5 Å². The maximum Gasteiger partial charge on any atom is 0.283 e. The van der Waals surface area contributed by atoms with Crippen LogP contribution in [0.1, 0.15) is 15.9 Å². The lowest BCUT2D eigenvalue weighted by Gasteiger charge is -2.19. The molecule has 0 unspecified atom stereocenters. The van der Waals surface area contributed by atoms with Crippen LogP contribution >= 0.6 is 11.8 Å². The summed E-state index contributed by atoms with van der Waals surface area (Å²) in [6.07, 6.45) is 0. The molecule has 3 amide bonds. The fourth-order valence-electron chi connectivity index (χ4n) is 4.24. The molecule has 8 nitrogen and oxygen atoms in total. The van der Waals surface area contributed by atoms with Crippen LogP contribution in [0, 0.1) is 12.7 Å². The summed E-state index contributed by atoms with van der Waals surface area (Å²) < 4.78 is 24.3. The lowest BCUT2D eigenvalue weighted by Crippen LogP contribution is -2.32. The first kappa shape index (κ1) is 28.4. The van der Waals surface area contributed by atoms with Crippen LogP contribution in [0.3, 0.4) is 0 Å². The second-order valence-corrected chi connectivity index (χ2v) is 10.4. The molecule has 2 N–H and O–H groups in total. The number of anilines is 3. The molecule has 0 bridgehead atoms. The third-order valence-corrected chi connectivity index (χ3v) is 7.48. The van der Waals surface area contributed by atoms with E-state index < -0.39 is 17.6 Å². The Hall–Kier alpha value is -5.09. The predicted molar refractivity (Wildman–Crippen MR) is 161 cm³/mol. The van der Waals surface area contributed by atoms with E-state index >= 15 is 0 Å². The number of benzene rings is 4. The number of imide groups is 1. The molecule has 0 saturated heterocycles. The molecule has 4 aromatic rings. The highest BCUT2D eigenvalue weighted by molar-refractivity contribution is 8.04. The van der Waals surface area contributed by atoms with Crippen molar-refractivity contribution in [2.24, 2.45) is 0 Å². The third-order valence-electron chi connectivity index (χ3n) is 6.41. The number of thioether (sulfide) groups is 1. The van der Waals surface area contributed by atoms with Crippen molar-refractivity contribution in [3.63, 3.8) is 0 Å². The molecule has 0 aliphatic carbocycles. The average Bonchev–Trinajstić information content (AvgIpc) is 3.22. The summed E-state index contributed by atoms with van der Waals surface area (Å²) in [5.74, 6) is -1.14. The molecular formula is C32H26FN3O5S.